The zero-order chi connectivity index (χ0) is 22.9. The third-order valence-electron chi connectivity index (χ3n) is 5.97. The van der Waals surface area contributed by atoms with Crippen LogP contribution in [-0.2, 0) is 17.1 Å². The SMILES string of the molecule is Cc1ccc(CSCCCNC(=O)C2CCN(Cc3nc(-c4ccccc4)no3)CC2)cc1. The van der Waals surface area contributed by atoms with E-state index in [1.54, 1.807) is 0 Å². The summed E-state index contributed by atoms with van der Waals surface area (Å²) in [6, 6.07) is 18.5. The van der Waals surface area contributed by atoms with Crippen LogP contribution in [-0.4, -0.2) is 46.3 Å². The first-order valence-corrected chi connectivity index (χ1v) is 12.8. The Kier molecular flexibility index (Phi) is 8.55. The number of likely N-dealkylation sites (tertiary alicyclic amines) is 1. The van der Waals surface area contributed by atoms with Gasteiger partial charge in [-0.1, -0.05) is 65.3 Å². The molecule has 7 heteroatoms. The van der Waals surface area contributed by atoms with E-state index in [-0.39, 0.29) is 11.8 Å². The monoisotopic (exact) mass is 464 g/mol. The van der Waals surface area contributed by atoms with Gasteiger partial charge in [-0.05, 0) is 50.6 Å². The minimum atomic E-state index is 0.101. The van der Waals surface area contributed by atoms with Crippen molar-refractivity contribution in [2.75, 3.05) is 25.4 Å². The van der Waals surface area contributed by atoms with Crippen LogP contribution >= 0.6 is 11.8 Å². The molecule has 6 nitrogen and oxygen atoms in total. The minimum absolute atomic E-state index is 0.101. The van der Waals surface area contributed by atoms with Crippen molar-refractivity contribution in [3.8, 4) is 11.4 Å². The van der Waals surface area contributed by atoms with Gasteiger partial charge in [0.05, 0.1) is 6.54 Å². The van der Waals surface area contributed by atoms with E-state index in [0.29, 0.717) is 18.3 Å². The Labute approximate surface area is 200 Å². The van der Waals surface area contributed by atoms with E-state index in [0.717, 1.165) is 56.0 Å². The molecule has 3 aromatic rings. The van der Waals surface area contributed by atoms with Crippen LogP contribution in [0.1, 0.15) is 36.3 Å². The predicted octanol–water partition coefficient (Wildman–Crippen LogP) is 4.70. The van der Waals surface area contributed by atoms with Crippen LogP contribution in [0.15, 0.2) is 59.1 Å². The third kappa shape index (κ3) is 7.17. The van der Waals surface area contributed by atoms with Gasteiger partial charge in [-0.3, -0.25) is 9.69 Å². The average molecular weight is 465 g/mol. The van der Waals surface area contributed by atoms with Crippen LogP contribution in [0, 0.1) is 12.8 Å². The van der Waals surface area contributed by atoms with Crippen LogP contribution in [0.5, 0.6) is 0 Å². The van der Waals surface area contributed by atoms with Gasteiger partial charge in [-0.2, -0.15) is 16.7 Å². The standard InChI is InChI=1S/C26H32N4O2S/c1-20-8-10-21(11-9-20)19-33-17-5-14-27-26(31)23-12-15-30(16-13-23)18-24-28-25(29-32-24)22-6-3-2-4-7-22/h2-4,6-11,23H,5,12-19H2,1H3,(H,27,31). The molecule has 33 heavy (non-hydrogen) atoms. The number of hydrogen-bond acceptors (Lipinski definition) is 6. The molecule has 1 fully saturated rings. The van der Waals surface area contributed by atoms with Gasteiger partial charge in [0.15, 0.2) is 0 Å². The highest BCUT2D eigenvalue weighted by molar-refractivity contribution is 7.98. The lowest BCUT2D eigenvalue weighted by Crippen LogP contribution is -2.40. The molecular weight excluding hydrogens is 432 g/mol. The van der Waals surface area contributed by atoms with Crippen molar-refractivity contribution in [1.82, 2.24) is 20.4 Å². The van der Waals surface area contributed by atoms with Crippen molar-refractivity contribution in [3.05, 3.63) is 71.6 Å². The molecule has 174 valence electrons. The van der Waals surface area contributed by atoms with Crippen molar-refractivity contribution in [3.63, 3.8) is 0 Å². The molecule has 0 bridgehead atoms. The summed E-state index contributed by atoms with van der Waals surface area (Å²) in [5.41, 5.74) is 3.61. The highest BCUT2D eigenvalue weighted by atomic mass is 32.2. The number of amides is 1. The Morgan fingerprint density at radius 1 is 1.12 bits per heavy atom. The quantitative estimate of drug-likeness (QED) is 0.439. The third-order valence-corrected chi connectivity index (χ3v) is 7.09. The summed E-state index contributed by atoms with van der Waals surface area (Å²) in [5.74, 6) is 3.63. The van der Waals surface area contributed by atoms with E-state index < -0.39 is 0 Å². The summed E-state index contributed by atoms with van der Waals surface area (Å²) < 4.78 is 5.43. The summed E-state index contributed by atoms with van der Waals surface area (Å²) in [5, 5.41) is 7.22. The Morgan fingerprint density at radius 2 is 1.88 bits per heavy atom. The van der Waals surface area contributed by atoms with Crippen LogP contribution in [0.2, 0.25) is 0 Å². The van der Waals surface area contributed by atoms with Crippen LogP contribution < -0.4 is 5.32 Å². The van der Waals surface area contributed by atoms with Crippen molar-refractivity contribution in [2.45, 2.75) is 38.5 Å². The van der Waals surface area contributed by atoms with E-state index in [9.17, 15) is 4.79 Å². The molecule has 1 aliphatic heterocycles. The van der Waals surface area contributed by atoms with Crippen LogP contribution in [0.4, 0.5) is 0 Å². The number of aromatic nitrogens is 2. The van der Waals surface area contributed by atoms with Crippen molar-refractivity contribution in [2.24, 2.45) is 5.92 Å². The molecule has 1 aliphatic rings. The lowest BCUT2D eigenvalue weighted by atomic mass is 9.96. The van der Waals surface area contributed by atoms with Gasteiger partial charge < -0.3 is 9.84 Å². The smallest absolute Gasteiger partial charge is 0.241 e. The van der Waals surface area contributed by atoms with Crippen LogP contribution in [0.25, 0.3) is 11.4 Å². The zero-order valence-corrected chi connectivity index (χ0v) is 20.0. The molecule has 0 saturated carbocycles. The topological polar surface area (TPSA) is 71.3 Å². The number of aryl methyl sites for hydroxylation is 1. The summed E-state index contributed by atoms with van der Waals surface area (Å²) in [7, 11) is 0. The van der Waals surface area contributed by atoms with E-state index in [1.807, 2.05) is 42.1 Å². The number of piperidine rings is 1. The summed E-state index contributed by atoms with van der Waals surface area (Å²) >= 11 is 1.92. The molecule has 2 heterocycles. The molecule has 0 radical (unpaired) electrons. The maximum Gasteiger partial charge on any atom is 0.241 e. The van der Waals surface area contributed by atoms with Gasteiger partial charge in [0, 0.05) is 23.8 Å². The number of thioether (sulfide) groups is 1. The van der Waals surface area contributed by atoms with E-state index in [2.05, 4.69) is 51.5 Å². The molecule has 1 N–H and O–H groups in total. The Balaban J connectivity index is 1.10. The lowest BCUT2D eigenvalue weighted by molar-refractivity contribution is -0.126. The number of nitrogens with one attached hydrogen (secondary N) is 1. The number of rotatable bonds is 10. The Bertz CT molecular complexity index is 999. The van der Waals surface area contributed by atoms with Gasteiger partial charge in [-0.15, -0.1) is 0 Å². The normalized spacial score (nSPS) is 14.9. The van der Waals surface area contributed by atoms with E-state index in [4.69, 9.17) is 4.52 Å². The Hall–Kier alpha value is -2.64. The van der Waals surface area contributed by atoms with Gasteiger partial charge in [-0.25, -0.2) is 0 Å². The fraction of sp³-hybridized carbons (Fsp3) is 0.423. The number of carbonyl (C=O) groups is 1. The lowest BCUT2D eigenvalue weighted by Gasteiger charge is -2.30. The first-order chi connectivity index (χ1) is 16.2. The zero-order valence-electron chi connectivity index (χ0n) is 19.2. The summed E-state index contributed by atoms with van der Waals surface area (Å²) in [6.45, 7) is 5.23. The molecule has 2 aromatic carbocycles. The fourth-order valence-electron chi connectivity index (χ4n) is 3.97. The molecule has 0 aliphatic carbocycles. The number of hydrogen-bond donors (Lipinski definition) is 1. The highest BCUT2D eigenvalue weighted by Gasteiger charge is 2.25. The molecule has 0 unspecified atom stereocenters. The predicted molar refractivity (Wildman–Crippen MR) is 133 cm³/mol. The van der Waals surface area contributed by atoms with Crippen molar-refractivity contribution in [1.29, 1.82) is 0 Å². The fourth-order valence-corrected chi connectivity index (χ4v) is 4.89. The largest absolute Gasteiger partial charge is 0.356 e. The first-order valence-electron chi connectivity index (χ1n) is 11.7. The maximum atomic E-state index is 12.5. The van der Waals surface area contributed by atoms with Gasteiger partial charge in [0.1, 0.15) is 0 Å². The van der Waals surface area contributed by atoms with Crippen molar-refractivity contribution >= 4 is 17.7 Å². The van der Waals surface area contributed by atoms with Gasteiger partial charge in [0.2, 0.25) is 17.6 Å². The number of nitrogens with zero attached hydrogens (tertiary/aromatic N) is 3. The minimum Gasteiger partial charge on any atom is -0.356 e. The Morgan fingerprint density at radius 3 is 2.64 bits per heavy atom. The second-order valence-electron chi connectivity index (χ2n) is 8.61. The molecule has 0 spiro atoms. The summed E-state index contributed by atoms with van der Waals surface area (Å²) in [4.78, 5) is 19.3. The van der Waals surface area contributed by atoms with Gasteiger partial charge >= 0.3 is 0 Å². The van der Waals surface area contributed by atoms with E-state index in [1.165, 1.54) is 11.1 Å². The second kappa shape index (κ2) is 12.0. The summed E-state index contributed by atoms with van der Waals surface area (Å²) in [6.07, 6.45) is 2.74. The second-order valence-corrected chi connectivity index (χ2v) is 9.72. The molecule has 1 saturated heterocycles. The first kappa shape index (κ1) is 23.5. The maximum absolute atomic E-state index is 12.5. The highest BCUT2D eigenvalue weighted by Crippen LogP contribution is 2.21. The number of carbonyl (C=O) groups excluding carboxylic acids is 1. The molecule has 4 rings (SSSR count). The average Bonchev–Trinajstić information content (AvgIpc) is 3.32. The van der Waals surface area contributed by atoms with Crippen molar-refractivity contribution < 1.29 is 9.32 Å². The molecular formula is C26H32N4O2S. The molecule has 1 amide bonds. The van der Waals surface area contributed by atoms with E-state index >= 15 is 0 Å². The molecule has 0 atom stereocenters. The number of benzene rings is 2. The van der Waals surface area contributed by atoms with Gasteiger partial charge in [0.25, 0.3) is 0 Å². The van der Waals surface area contributed by atoms with Crippen LogP contribution in [0.3, 0.4) is 0 Å². The molecule has 1 aromatic heterocycles.